The molecule has 27 heavy (non-hydrogen) atoms. The van der Waals surface area contributed by atoms with Gasteiger partial charge in [0.2, 0.25) is 0 Å². The Morgan fingerprint density at radius 3 is 2.81 bits per heavy atom. The van der Waals surface area contributed by atoms with E-state index < -0.39 is 6.09 Å². The Hall–Kier alpha value is -3.67. The van der Waals surface area contributed by atoms with Crippen LogP contribution in [0.5, 0.6) is 5.75 Å². The molecule has 0 saturated carbocycles. The maximum absolute atomic E-state index is 11.6. The fourth-order valence-corrected chi connectivity index (χ4v) is 2.91. The Balaban J connectivity index is 1.69. The van der Waals surface area contributed by atoms with Gasteiger partial charge in [0.15, 0.2) is 0 Å². The number of hydrogen-bond acceptors (Lipinski definition) is 4. The molecule has 1 amide bonds. The number of ether oxygens (including phenoxy) is 1. The van der Waals surface area contributed by atoms with Crippen LogP contribution in [0, 0.1) is 0 Å². The van der Waals surface area contributed by atoms with E-state index in [9.17, 15) is 4.79 Å². The van der Waals surface area contributed by atoms with Crippen LogP contribution in [0.15, 0.2) is 73.2 Å². The van der Waals surface area contributed by atoms with Crippen LogP contribution >= 0.6 is 0 Å². The molecule has 2 heterocycles. The number of carbonyl (C=O) groups excluding carboxylic acids is 1. The zero-order valence-corrected chi connectivity index (χ0v) is 14.8. The van der Waals surface area contributed by atoms with Gasteiger partial charge in [0.05, 0.1) is 17.4 Å². The Morgan fingerprint density at radius 2 is 2.00 bits per heavy atom. The molecule has 0 bridgehead atoms. The van der Waals surface area contributed by atoms with Crippen LogP contribution in [-0.2, 0) is 0 Å². The second-order valence-corrected chi connectivity index (χ2v) is 5.97. The molecule has 6 nitrogen and oxygen atoms in total. The number of rotatable bonds is 4. The third-order valence-corrected chi connectivity index (χ3v) is 4.16. The van der Waals surface area contributed by atoms with E-state index in [4.69, 9.17) is 4.74 Å². The number of pyridine rings is 1. The van der Waals surface area contributed by atoms with Gasteiger partial charge in [-0.1, -0.05) is 18.2 Å². The molecule has 0 aliphatic rings. The van der Waals surface area contributed by atoms with Gasteiger partial charge in [0.25, 0.3) is 0 Å². The van der Waals surface area contributed by atoms with Crippen molar-refractivity contribution in [3.63, 3.8) is 0 Å². The molecule has 0 fully saturated rings. The topological polar surface area (TPSA) is 69.0 Å². The lowest BCUT2D eigenvalue weighted by Crippen LogP contribution is -2.26. The molecule has 0 aliphatic carbocycles. The quantitative estimate of drug-likeness (QED) is 0.594. The monoisotopic (exact) mass is 358 g/mol. The molecule has 0 atom stereocenters. The first kappa shape index (κ1) is 16.8. The van der Waals surface area contributed by atoms with E-state index in [1.165, 1.54) is 0 Å². The average molecular weight is 358 g/mol. The van der Waals surface area contributed by atoms with Gasteiger partial charge in [-0.15, -0.1) is 0 Å². The van der Waals surface area contributed by atoms with E-state index in [1.807, 2.05) is 66.5 Å². The van der Waals surface area contributed by atoms with Crippen molar-refractivity contribution >= 4 is 17.0 Å². The van der Waals surface area contributed by atoms with Gasteiger partial charge in [0.1, 0.15) is 5.75 Å². The van der Waals surface area contributed by atoms with Crippen molar-refractivity contribution in [1.29, 1.82) is 0 Å². The zero-order valence-electron chi connectivity index (χ0n) is 14.8. The lowest BCUT2D eigenvalue weighted by atomic mass is 10.0. The van der Waals surface area contributed by atoms with Crippen molar-refractivity contribution < 1.29 is 9.53 Å². The second-order valence-electron chi connectivity index (χ2n) is 5.97. The molecule has 0 radical (unpaired) electrons. The fraction of sp³-hybridized carbons (Fsp3) is 0.0952. The lowest BCUT2D eigenvalue weighted by Gasteiger charge is -2.08. The minimum atomic E-state index is -0.475. The van der Waals surface area contributed by atoms with E-state index in [-0.39, 0.29) is 0 Å². The summed E-state index contributed by atoms with van der Waals surface area (Å²) in [5, 5.41) is 8.04. The molecule has 0 spiro atoms. The fourth-order valence-electron chi connectivity index (χ4n) is 2.91. The molecular weight excluding hydrogens is 340 g/mol. The molecule has 2 aromatic heterocycles. The molecule has 0 unspecified atom stereocenters. The van der Waals surface area contributed by atoms with Gasteiger partial charge in [-0.25, -0.2) is 9.48 Å². The van der Waals surface area contributed by atoms with Gasteiger partial charge in [-0.05, 0) is 42.8 Å². The molecular formula is C21H18N4O2. The van der Waals surface area contributed by atoms with Crippen molar-refractivity contribution in [2.24, 2.45) is 0 Å². The number of nitrogens with one attached hydrogen (secondary N) is 1. The summed E-state index contributed by atoms with van der Waals surface area (Å²) in [4.78, 5) is 16.0. The summed E-state index contributed by atoms with van der Waals surface area (Å²) < 4.78 is 7.11. The first-order chi connectivity index (χ1) is 13.2. The highest BCUT2D eigenvalue weighted by Crippen LogP contribution is 2.30. The van der Waals surface area contributed by atoms with Crippen LogP contribution in [0.3, 0.4) is 0 Å². The number of hydrogen-bond donors (Lipinski definition) is 1. The van der Waals surface area contributed by atoms with Crippen molar-refractivity contribution in [2.45, 2.75) is 6.92 Å². The smallest absolute Gasteiger partial charge is 0.410 e. The van der Waals surface area contributed by atoms with Crippen LogP contribution in [0.1, 0.15) is 6.92 Å². The number of nitrogens with zero attached hydrogens (tertiary/aromatic N) is 3. The van der Waals surface area contributed by atoms with Gasteiger partial charge >= 0.3 is 6.09 Å². The van der Waals surface area contributed by atoms with E-state index in [1.54, 1.807) is 18.3 Å². The van der Waals surface area contributed by atoms with Gasteiger partial charge < -0.3 is 10.1 Å². The lowest BCUT2D eigenvalue weighted by molar-refractivity contribution is 0.201. The van der Waals surface area contributed by atoms with Crippen molar-refractivity contribution in [1.82, 2.24) is 20.1 Å². The maximum atomic E-state index is 11.6. The average Bonchev–Trinajstić information content (AvgIpc) is 3.18. The van der Waals surface area contributed by atoms with Gasteiger partial charge in [-0.3, -0.25) is 4.98 Å². The number of fused-ring (bicyclic) bond motifs is 1. The number of carbonyl (C=O) groups is 1. The van der Waals surface area contributed by atoms with Crippen LogP contribution in [-0.4, -0.2) is 27.4 Å². The van der Waals surface area contributed by atoms with Crippen molar-refractivity contribution in [2.75, 3.05) is 6.54 Å². The summed E-state index contributed by atoms with van der Waals surface area (Å²) in [5.74, 6) is 0.457. The molecule has 0 saturated heterocycles. The Kier molecular flexibility index (Phi) is 4.53. The summed E-state index contributed by atoms with van der Waals surface area (Å²) in [7, 11) is 0. The van der Waals surface area contributed by atoms with E-state index in [2.05, 4.69) is 15.4 Å². The number of amides is 1. The first-order valence-corrected chi connectivity index (χ1v) is 8.69. The zero-order chi connectivity index (χ0) is 18.6. The summed E-state index contributed by atoms with van der Waals surface area (Å²) >= 11 is 0. The molecule has 2 aromatic carbocycles. The molecule has 134 valence electrons. The number of aromatic nitrogens is 3. The van der Waals surface area contributed by atoms with Crippen molar-refractivity contribution in [3.05, 3.63) is 73.2 Å². The second kappa shape index (κ2) is 7.29. The Labute approximate surface area is 156 Å². The number of para-hydroxylation sites is 1. The van der Waals surface area contributed by atoms with E-state index >= 15 is 0 Å². The first-order valence-electron chi connectivity index (χ1n) is 8.69. The Bertz CT molecular complexity index is 1090. The minimum absolute atomic E-state index is 0.457. The van der Waals surface area contributed by atoms with Crippen LogP contribution in [0.4, 0.5) is 4.79 Å². The summed E-state index contributed by atoms with van der Waals surface area (Å²) in [6.07, 6.45) is 5.09. The molecule has 4 aromatic rings. The highest BCUT2D eigenvalue weighted by molar-refractivity contribution is 5.95. The van der Waals surface area contributed by atoms with Crippen molar-refractivity contribution in [3.8, 4) is 22.6 Å². The van der Waals surface area contributed by atoms with E-state index in [0.29, 0.717) is 12.3 Å². The standard InChI is InChI=1S/C21H18N4O2/c1-2-22-21(26)27-17-8-9-19-18(10-11-23-20(19)12-17)15-13-24-25(14-15)16-6-4-3-5-7-16/h3-14H,2H2,1H3,(H,22,26). The summed E-state index contributed by atoms with van der Waals surface area (Å²) in [5.41, 5.74) is 3.76. The van der Waals surface area contributed by atoms with E-state index in [0.717, 1.165) is 27.7 Å². The summed E-state index contributed by atoms with van der Waals surface area (Å²) in [6.45, 7) is 2.35. The van der Waals surface area contributed by atoms with Crippen LogP contribution in [0.25, 0.3) is 27.7 Å². The van der Waals surface area contributed by atoms with Crippen LogP contribution < -0.4 is 10.1 Å². The van der Waals surface area contributed by atoms with Gasteiger partial charge in [-0.2, -0.15) is 5.10 Å². The molecule has 1 N–H and O–H groups in total. The SMILES string of the molecule is CCNC(=O)Oc1ccc2c(-c3cnn(-c4ccccc4)c3)ccnc2c1. The highest BCUT2D eigenvalue weighted by atomic mass is 16.6. The normalized spacial score (nSPS) is 10.7. The molecule has 0 aliphatic heterocycles. The highest BCUT2D eigenvalue weighted by Gasteiger charge is 2.10. The van der Waals surface area contributed by atoms with Gasteiger partial charge in [0, 0.05) is 36.0 Å². The third-order valence-electron chi connectivity index (χ3n) is 4.16. The predicted octanol–water partition coefficient (Wildman–Crippen LogP) is 4.20. The third kappa shape index (κ3) is 3.50. The minimum Gasteiger partial charge on any atom is -0.410 e. The predicted molar refractivity (Wildman–Crippen MR) is 104 cm³/mol. The van der Waals surface area contributed by atoms with Crippen LogP contribution in [0.2, 0.25) is 0 Å². The maximum Gasteiger partial charge on any atom is 0.412 e. The Morgan fingerprint density at radius 1 is 1.15 bits per heavy atom. The summed E-state index contributed by atoms with van der Waals surface area (Å²) in [6, 6.07) is 17.3. The largest absolute Gasteiger partial charge is 0.412 e. The molecule has 6 heteroatoms. The number of benzene rings is 2. The molecule has 4 rings (SSSR count).